The molecule has 0 atom stereocenters. The Balaban J connectivity index is 1.68. The second kappa shape index (κ2) is 8.94. The van der Waals surface area contributed by atoms with Gasteiger partial charge in [-0.25, -0.2) is 4.79 Å². The van der Waals surface area contributed by atoms with E-state index in [-0.39, 0.29) is 18.1 Å². The van der Waals surface area contributed by atoms with E-state index >= 15 is 0 Å². The number of aliphatic hydroxyl groups is 1. The number of amides is 2. The van der Waals surface area contributed by atoms with Crippen LogP contribution in [0.3, 0.4) is 0 Å². The Morgan fingerprint density at radius 3 is 2.79 bits per heavy atom. The van der Waals surface area contributed by atoms with Gasteiger partial charge in [-0.2, -0.15) is 0 Å². The number of hydrogen-bond acceptors (Lipinski definition) is 4. The van der Waals surface area contributed by atoms with Crippen LogP contribution in [0.1, 0.15) is 18.5 Å². The van der Waals surface area contributed by atoms with E-state index in [0.717, 1.165) is 41.7 Å². The first-order valence-corrected chi connectivity index (χ1v) is 9.77. The van der Waals surface area contributed by atoms with Crippen LogP contribution in [0.15, 0.2) is 24.3 Å². The van der Waals surface area contributed by atoms with E-state index < -0.39 is 0 Å². The minimum absolute atomic E-state index is 0.0637. The molecule has 1 aromatic carbocycles. The smallest absolute Gasteiger partial charge is 0.321 e. The van der Waals surface area contributed by atoms with Crippen molar-refractivity contribution in [3.8, 4) is 0 Å². The van der Waals surface area contributed by atoms with E-state index in [1.54, 1.807) is 19.1 Å². The molecule has 0 saturated carbocycles. The van der Waals surface area contributed by atoms with Gasteiger partial charge in [0.15, 0.2) is 0 Å². The normalized spacial score (nSPS) is 16.3. The maximum Gasteiger partial charge on any atom is 0.321 e. The van der Waals surface area contributed by atoms with Gasteiger partial charge >= 0.3 is 6.03 Å². The van der Waals surface area contributed by atoms with Gasteiger partial charge in [-0.15, -0.1) is 0 Å². The SMILES string of the molecule is COCCn1c(C)cc2cc(NC(=O)N(C)CC3(CO)CCOCC3)ccc21. The summed E-state index contributed by atoms with van der Waals surface area (Å²) in [4.78, 5) is 14.3. The topological polar surface area (TPSA) is 76.0 Å². The lowest BCUT2D eigenvalue weighted by atomic mass is 9.80. The Morgan fingerprint density at radius 2 is 2.11 bits per heavy atom. The number of carbonyl (C=O) groups excluding carboxylic acids is 1. The number of urea groups is 1. The third kappa shape index (κ3) is 4.48. The Kier molecular flexibility index (Phi) is 6.59. The van der Waals surface area contributed by atoms with Crippen LogP contribution in [0.4, 0.5) is 10.5 Å². The fraction of sp³-hybridized carbons (Fsp3) is 0.571. The number of fused-ring (bicyclic) bond motifs is 1. The molecule has 28 heavy (non-hydrogen) atoms. The van der Waals surface area contributed by atoms with Crippen LogP contribution in [0.2, 0.25) is 0 Å². The van der Waals surface area contributed by atoms with Gasteiger partial charge in [-0.05, 0) is 44.0 Å². The molecule has 2 N–H and O–H groups in total. The zero-order valence-corrected chi connectivity index (χ0v) is 17.0. The lowest BCUT2D eigenvalue weighted by Crippen LogP contribution is -2.45. The summed E-state index contributed by atoms with van der Waals surface area (Å²) in [6.07, 6.45) is 1.53. The molecule has 1 aromatic heterocycles. The molecule has 3 rings (SSSR count). The fourth-order valence-corrected chi connectivity index (χ4v) is 3.93. The maximum absolute atomic E-state index is 12.7. The zero-order chi connectivity index (χ0) is 20.1. The third-order valence-corrected chi connectivity index (χ3v) is 5.69. The van der Waals surface area contributed by atoms with E-state index in [1.165, 1.54) is 0 Å². The number of aromatic nitrogens is 1. The molecular weight excluding hydrogens is 358 g/mol. The van der Waals surface area contributed by atoms with Crippen molar-refractivity contribution in [3.63, 3.8) is 0 Å². The number of rotatable bonds is 7. The highest BCUT2D eigenvalue weighted by Gasteiger charge is 2.34. The minimum atomic E-state index is -0.274. The largest absolute Gasteiger partial charge is 0.396 e. The third-order valence-electron chi connectivity index (χ3n) is 5.69. The first-order valence-electron chi connectivity index (χ1n) is 9.77. The predicted octanol–water partition coefficient (Wildman–Crippen LogP) is 2.85. The number of hydrogen-bond donors (Lipinski definition) is 2. The summed E-state index contributed by atoms with van der Waals surface area (Å²) < 4.78 is 12.8. The Hall–Kier alpha value is -2.09. The van der Waals surface area contributed by atoms with Crippen LogP contribution < -0.4 is 5.32 Å². The molecular formula is C21H31N3O4. The summed E-state index contributed by atoms with van der Waals surface area (Å²) in [7, 11) is 3.47. The second-order valence-electron chi connectivity index (χ2n) is 7.76. The highest BCUT2D eigenvalue weighted by molar-refractivity contribution is 5.93. The molecule has 0 aliphatic carbocycles. The van der Waals surface area contributed by atoms with Crippen molar-refractivity contribution in [2.75, 3.05) is 52.4 Å². The number of benzene rings is 1. The standard InChI is InChI=1S/C21H31N3O4/c1-16-12-17-13-18(4-5-19(17)24(16)8-11-27-3)22-20(26)23(2)14-21(15-25)6-9-28-10-7-21/h4-5,12-13,25H,6-11,14-15H2,1-3H3,(H,22,26). The van der Waals surface area contributed by atoms with Gasteiger partial charge < -0.3 is 29.4 Å². The number of carbonyl (C=O) groups is 1. The van der Waals surface area contributed by atoms with Crippen LogP contribution in [-0.2, 0) is 16.0 Å². The summed E-state index contributed by atoms with van der Waals surface area (Å²) in [5, 5.41) is 13.9. The molecule has 0 radical (unpaired) electrons. The van der Waals surface area contributed by atoms with Crippen molar-refractivity contribution in [2.24, 2.45) is 5.41 Å². The average molecular weight is 389 g/mol. The van der Waals surface area contributed by atoms with Gasteiger partial charge in [0, 0.05) is 68.2 Å². The molecule has 1 aliphatic heterocycles. The zero-order valence-electron chi connectivity index (χ0n) is 17.0. The van der Waals surface area contributed by atoms with Crippen molar-refractivity contribution < 1.29 is 19.4 Å². The van der Waals surface area contributed by atoms with Gasteiger partial charge in [0.25, 0.3) is 0 Å². The second-order valence-corrected chi connectivity index (χ2v) is 7.76. The number of methoxy groups -OCH3 is 1. The lowest BCUT2D eigenvalue weighted by molar-refractivity contribution is -0.0255. The number of aryl methyl sites for hydroxylation is 1. The maximum atomic E-state index is 12.7. The van der Waals surface area contributed by atoms with Gasteiger partial charge in [0.2, 0.25) is 0 Å². The fourth-order valence-electron chi connectivity index (χ4n) is 3.93. The number of anilines is 1. The molecule has 7 heteroatoms. The summed E-state index contributed by atoms with van der Waals surface area (Å²) in [6.45, 7) is 5.36. The quantitative estimate of drug-likeness (QED) is 0.764. The molecule has 154 valence electrons. The summed E-state index contributed by atoms with van der Waals surface area (Å²) >= 11 is 0. The molecule has 2 heterocycles. The molecule has 1 aliphatic rings. The van der Waals surface area contributed by atoms with Crippen LogP contribution in [-0.4, -0.2) is 67.7 Å². The average Bonchev–Trinajstić information content (AvgIpc) is 3.01. The number of aliphatic hydroxyl groups excluding tert-OH is 1. The van der Waals surface area contributed by atoms with E-state index in [0.29, 0.717) is 26.4 Å². The first kappa shape index (κ1) is 20.6. The molecule has 2 aromatic rings. The molecule has 1 saturated heterocycles. The lowest BCUT2D eigenvalue weighted by Gasteiger charge is -2.38. The van der Waals surface area contributed by atoms with Crippen molar-refractivity contribution in [1.29, 1.82) is 0 Å². The summed E-state index contributed by atoms with van der Waals surface area (Å²) in [5.74, 6) is 0. The van der Waals surface area contributed by atoms with Crippen molar-refractivity contribution in [3.05, 3.63) is 30.0 Å². The van der Waals surface area contributed by atoms with Crippen molar-refractivity contribution in [2.45, 2.75) is 26.3 Å². The molecule has 0 spiro atoms. The first-order chi connectivity index (χ1) is 13.5. The number of nitrogens with one attached hydrogen (secondary N) is 1. The molecule has 0 unspecified atom stereocenters. The minimum Gasteiger partial charge on any atom is -0.396 e. The van der Waals surface area contributed by atoms with E-state index in [1.807, 2.05) is 18.2 Å². The molecule has 7 nitrogen and oxygen atoms in total. The number of ether oxygens (including phenoxy) is 2. The van der Waals surface area contributed by atoms with Gasteiger partial charge in [-0.1, -0.05) is 0 Å². The van der Waals surface area contributed by atoms with Gasteiger partial charge in [0.1, 0.15) is 0 Å². The van der Waals surface area contributed by atoms with E-state index in [4.69, 9.17) is 9.47 Å². The molecule has 0 bridgehead atoms. The monoisotopic (exact) mass is 389 g/mol. The Labute approximate surface area is 166 Å². The van der Waals surface area contributed by atoms with Crippen molar-refractivity contribution >= 4 is 22.6 Å². The van der Waals surface area contributed by atoms with Crippen molar-refractivity contribution in [1.82, 2.24) is 9.47 Å². The van der Waals surface area contributed by atoms with Crippen LogP contribution in [0, 0.1) is 12.3 Å². The van der Waals surface area contributed by atoms with Crippen LogP contribution in [0.25, 0.3) is 10.9 Å². The van der Waals surface area contributed by atoms with E-state index in [2.05, 4.69) is 22.9 Å². The van der Waals surface area contributed by atoms with Crippen LogP contribution in [0.5, 0.6) is 0 Å². The Morgan fingerprint density at radius 1 is 1.36 bits per heavy atom. The van der Waals surface area contributed by atoms with E-state index in [9.17, 15) is 9.90 Å². The summed E-state index contributed by atoms with van der Waals surface area (Å²) in [5.41, 5.74) is 2.78. The number of nitrogens with zero attached hydrogens (tertiary/aromatic N) is 2. The molecule has 2 amide bonds. The van der Waals surface area contributed by atoms with Crippen LogP contribution >= 0.6 is 0 Å². The van der Waals surface area contributed by atoms with Gasteiger partial charge in [0.05, 0.1) is 13.2 Å². The highest BCUT2D eigenvalue weighted by atomic mass is 16.5. The highest BCUT2D eigenvalue weighted by Crippen LogP contribution is 2.31. The van der Waals surface area contributed by atoms with Gasteiger partial charge in [-0.3, -0.25) is 0 Å². The summed E-state index contributed by atoms with van der Waals surface area (Å²) in [6, 6.07) is 7.89. The Bertz CT molecular complexity index is 811. The predicted molar refractivity (Wildman–Crippen MR) is 110 cm³/mol. The molecule has 1 fully saturated rings.